The molecule has 20 heavy (non-hydrogen) atoms. The summed E-state index contributed by atoms with van der Waals surface area (Å²) < 4.78 is 18.8. The van der Waals surface area contributed by atoms with Gasteiger partial charge in [0.1, 0.15) is 11.6 Å². The second-order valence-electron chi connectivity index (χ2n) is 4.97. The molecule has 1 rings (SSSR count). The van der Waals surface area contributed by atoms with Crippen molar-refractivity contribution < 1.29 is 13.9 Å². The van der Waals surface area contributed by atoms with Gasteiger partial charge in [-0.05, 0) is 24.1 Å². The predicted molar refractivity (Wildman–Crippen MR) is 77.2 cm³/mol. The van der Waals surface area contributed by atoms with Crippen molar-refractivity contribution in [1.82, 2.24) is 10.6 Å². The van der Waals surface area contributed by atoms with Crippen LogP contribution in [0.4, 0.5) is 4.39 Å². The van der Waals surface area contributed by atoms with E-state index in [-0.39, 0.29) is 18.3 Å². The zero-order valence-electron chi connectivity index (χ0n) is 12.3. The summed E-state index contributed by atoms with van der Waals surface area (Å²) in [5.74, 6) is -0.188. The van der Waals surface area contributed by atoms with Crippen LogP contribution in [0.5, 0.6) is 5.75 Å². The highest BCUT2D eigenvalue weighted by Crippen LogP contribution is 2.16. The van der Waals surface area contributed by atoms with E-state index >= 15 is 0 Å². The molecular formula is C15H23FN2O2. The fourth-order valence-corrected chi connectivity index (χ4v) is 1.59. The third kappa shape index (κ3) is 6.52. The minimum absolute atomic E-state index is 0.0967. The van der Waals surface area contributed by atoms with Gasteiger partial charge in [0, 0.05) is 25.2 Å². The van der Waals surface area contributed by atoms with E-state index in [0.29, 0.717) is 24.9 Å². The fraction of sp³-hybridized carbons (Fsp3) is 0.533. The van der Waals surface area contributed by atoms with Crippen LogP contribution in [0, 0.1) is 5.82 Å². The van der Waals surface area contributed by atoms with Crippen molar-refractivity contribution in [2.45, 2.75) is 39.8 Å². The predicted octanol–water partition coefficient (Wildman–Crippen LogP) is 2.23. The molecule has 2 N–H and O–H groups in total. The van der Waals surface area contributed by atoms with E-state index in [1.54, 1.807) is 6.07 Å². The Bertz CT molecular complexity index is 436. The van der Waals surface area contributed by atoms with Gasteiger partial charge in [-0.2, -0.15) is 0 Å². The first-order chi connectivity index (χ1) is 9.51. The number of nitrogens with one attached hydrogen (secondary N) is 2. The van der Waals surface area contributed by atoms with Crippen LogP contribution in [0.1, 0.15) is 32.8 Å². The number of ether oxygens (including phenoxy) is 1. The van der Waals surface area contributed by atoms with Gasteiger partial charge >= 0.3 is 0 Å². The van der Waals surface area contributed by atoms with E-state index in [1.165, 1.54) is 12.1 Å². The first-order valence-electron chi connectivity index (χ1n) is 6.93. The van der Waals surface area contributed by atoms with E-state index in [2.05, 4.69) is 10.6 Å². The fourth-order valence-electron chi connectivity index (χ4n) is 1.59. The van der Waals surface area contributed by atoms with Crippen molar-refractivity contribution in [2.24, 2.45) is 0 Å². The summed E-state index contributed by atoms with van der Waals surface area (Å²) in [4.78, 5) is 11.4. The van der Waals surface area contributed by atoms with Crippen molar-refractivity contribution >= 4 is 5.91 Å². The van der Waals surface area contributed by atoms with Crippen molar-refractivity contribution in [1.29, 1.82) is 0 Å². The lowest BCUT2D eigenvalue weighted by atomic mass is 10.2. The molecule has 1 amide bonds. The zero-order chi connectivity index (χ0) is 15.0. The van der Waals surface area contributed by atoms with Gasteiger partial charge in [0.05, 0.1) is 0 Å². The van der Waals surface area contributed by atoms with Crippen molar-refractivity contribution in [3.8, 4) is 5.75 Å². The van der Waals surface area contributed by atoms with Gasteiger partial charge in [-0.25, -0.2) is 4.39 Å². The van der Waals surface area contributed by atoms with Gasteiger partial charge < -0.3 is 15.4 Å². The molecule has 0 atom stereocenters. The Morgan fingerprint density at radius 1 is 1.35 bits per heavy atom. The normalized spacial score (nSPS) is 10.7. The Morgan fingerprint density at radius 2 is 2.10 bits per heavy atom. The second kappa shape index (κ2) is 8.53. The van der Waals surface area contributed by atoms with Gasteiger partial charge in [0.25, 0.3) is 5.91 Å². The molecule has 5 heteroatoms. The highest BCUT2D eigenvalue weighted by molar-refractivity contribution is 5.77. The van der Waals surface area contributed by atoms with Crippen molar-refractivity contribution in [3.05, 3.63) is 29.6 Å². The summed E-state index contributed by atoms with van der Waals surface area (Å²) >= 11 is 0. The topological polar surface area (TPSA) is 50.4 Å². The molecule has 0 radical (unpaired) electrons. The number of rotatable bonds is 8. The van der Waals surface area contributed by atoms with Gasteiger partial charge in [0.2, 0.25) is 0 Å². The van der Waals surface area contributed by atoms with Gasteiger partial charge in [-0.1, -0.05) is 20.8 Å². The van der Waals surface area contributed by atoms with Crippen LogP contribution in [0.25, 0.3) is 0 Å². The molecule has 0 unspecified atom stereocenters. The Hall–Kier alpha value is -1.62. The van der Waals surface area contributed by atoms with Crippen molar-refractivity contribution in [2.75, 3.05) is 13.2 Å². The van der Waals surface area contributed by atoms with Gasteiger partial charge in [-0.3, -0.25) is 4.79 Å². The van der Waals surface area contributed by atoms with Crippen LogP contribution in [-0.4, -0.2) is 25.1 Å². The Balaban J connectivity index is 2.54. The largest absolute Gasteiger partial charge is 0.484 e. The maximum absolute atomic E-state index is 13.5. The van der Waals surface area contributed by atoms with Crippen LogP contribution in [0.3, 0.4) is 0 Å². The van der Waals surface area contributed by atoms with Gasteiger partial charge in [0.15, 0.2) is 6.61 Å². The first-order valence-corrected chi connectivity index (χ1v) is 6.93. The van der Waals surface area contributed by atoms with E-state index in [1.807, 2.05) is 20.8 Å². The Kier molecular flexibility index (Phi) is 7.01. The number of hydrogen-bond acceptors (Lipinski definition) is 3. The van der Waals surface area contributed by atoms with Crippen LogP contribution >= 0.6 is 0 Å². The zero-order valence-corrected chi connectivity index (χ0v) is 12.3. The number of hydrogen-bond donors (Lipinski definition) is 2. The smallest absolute Gasteiger partial charge is 0.257 e. The molecule has 1 aromatic rings. The minimum atomic E-state index is -0.364. The van der Waals surface area contributed by atoms with Crippen LogP contribution in [-0.2, 0) is 11.3 Å². The lowest BCUT2D eigenvalue weighted by molar-refractivity contribution is -0.123. The standard InChI is InChI=1S/C15H23FN2O2/c1-4-5-17-15(19)10-20-14-7-12(6-13(16)8-14)9-18-11(2)3/h6-8,11,18H,4-5,9-10H2,1-3H3,(H,17,19). The van der Waals surface area contributed by atoms with E-state index in [4.69, 9.17) is 4.74 Å². The number of carbonyl (C=O) groups excluding carboxylic acids is 1. The lowest BCUT2D eigenvalue weighted by Gasteiger charge is -2.11. The third-order valence-electron chi connectivity index (χ3n) is 2.59. The summed E-state index contributed by atoms with van der Waals surface area (Å²) in [5, 5.41) is 5.91. The highest BCUT2D eigenvalue weighted by atomic mass is 19.1. The van der Waals surface area contributed by atoms with Crippen LogP contribution in [0.15, 0.2) is 18.2 Å². The summed E-state index contributed by atoms with van der Waals surface area (Å²) in [6.07, 6.45) is 0.872. The second-order valence-corrected chi connectivity index (χ2v) is 4.97. The molecule has 0 bridgehead atoms. The van der Waals surface area contributed by atoms with Crippen LogP contribution < -0.4 is 15.4 Å². The molecule has 0 saturated heterocycles. The Morgan fingerprint density at radius 3 is 2.75 bits per heavy atom. The van der Waals surface area contributed by atoms with E-state index in [9.17, 15) is 9.18 Å². The quantitative estimate of drug-likeness (QED) is 0.769. The maximum Gasteiger partial charge on any atom is 0.257 e. The molecule has 0 aliphatic rings. The number of amides is 1. The summed E-state index contributed by atoms with van der Waals surface area (Å²) in [5.41, 5.74) is 0.794. The SMILES string of the molecule is CCCNC(=O)COc1cc(F)cc(CNC(C)C)c1. The van der Waals surface area contributed by atoms with Gasteiger partial charge in [-0.15, -0.1) is 0 Å². The van der Waals surface area contributed by atoms with Crippen LogP contribution in [0.2, 0.25) is 0 Å². The molecule has 1 aromatic carbocycles. The number of carbonyl (C=O) groups is 1. The molecular weight excluding hydrogens is 259 g/mol. The average Bonchev–Trinajstić information content (AvgIpc) is 2.40. The molecule has 112 valence electrons. The third-order valence-corrected chi connectivity index (χ3v) is 2.59. The molecule has 0 aromatic heterocycles. The highest BCUT2D eigenvalue weighted by Gasteiger charge is 2.05. The molecule has 0 saturated carbocycles. The summed E-state index contributed by atoms with van der Waals surface area (Å²) in [7, 11) is 0. The Labute approximate surface area is 119 Å². The average molecular weight is 282 g/mol. The van der Waals surface area contributed by atoms with E-state index < -0.39 is 0 Å². The molecule has 0 spiro atoms. The molecule has 0 aliphatic heterocycles. The first kappa shape index (κ1) is 16.4. The summed E-state index contributed by atoms with van der Waals surface area (Å²) in [6.45, 7) is 7.11. The summed E-state index contributed by atoms with van der Waals surface area (Å²) in [6, 6.07) is 4.80. The molecule has 0 aliphatic carbocycles. The van der Waals surface area contributed by atoms with E-state index in [0.717, 1.165) is 12.0 Å². The maximum atomic E-state index is 13.5. The monoisotopic (exact) mass is 282 g/mol. The van der Waals surface area contributed by atoms with Crippen molar-refractivity contribution in [3.63, 3.8) is 0 Å². The minimum Gasteiger partial charge on any atom is -0.484 e. The lowest BCUT2D eigenvalue weighted by Crippen LogP contribution is -2.29. The molecule has 0 heterocycles. The molecule has 4 nitrogen and oxygen atoms in total. The number of halogens is 1. The number of benzene rings is 1. The molecule has 0 fully saturated rings.